The number of hydrogen-bond donors (Lipinski definition) is 2. The summed E-state index contributed by atoms with van der Waals surface area (Å²) < 4.78 is 1.37. The Hall–Kier alpha value is -1.85. The molecule has 0 bridgehead atoms. The zero-order valence-corrected chi connectivity index (χ0v) is 11.2. The van der Waals surface area contributed by atoms with Crippen LogP contribution >= 0.6 is 0 Å². The Balaban J connectivity index is 1.96. The first-order valence-corrected chi connectivity index (χ1v) is 6.70. The van der Waals surface area contributed by atoms with Gasteiger partial charge < -0.3 is 11.1 Å². The molecule has 1 aliphatic rings. The summed E-state index contributed by atoms with van der Waals surface area (Å²) in [6.45, 7) is 1.48. The zero-order chi connectivity index (χ0) is 13.8. The Morgan fingerprint density at radius 2 is 2.11 bits per heavy atom. The normalized spacial score (nSPS) is 16.3. The summed E-state index contributed by atoms with van der Waals surface area (Å²) in [6.07, 6.45) is 5.65. The maximum absolute atomic E-state index is 11.9. The summed E-state index contributed by atoms with van der Waals surface area (Å²) in [7, 11) is 0. The van der Waals surface area contributed by atoms with Gasteiger partial charge >= 0.3 is 0 Å². The first-order chi connectivity index (χ1) is 9.06. The molecule has 0 radical (unpaired) electrons. The molecule has 1 heterocycles. The minimum Gasteiger partial charge on any atom is -0.382 e. The molecule has 6 heteroatoms. The van der Waals surface area contributed by atoms with Gasteiger partial charge in [0.2, 0.25) is 5.91 Å². The number of ketones is 1. The number of carbonyl (C=O) groups is 2. The van der Waals surface area contributed by atoms with Crippen molar-refractivity contribution in [2.45, 2.75) is 51.6 Å². The van der Waals surface area contributed by atoms with Crippen LogP contribution in [0.15, 0.2) is 6.07 Å². The minimum atomic E-state index is -0.144. The summed E-state index contributed by atoms with van der Waals surface area (Å²) in [4.78, 5) is 23.3. The first-order valence-electron chi connectivity index (χ1n) is 6.70. The summed E-state index contributed by atoms with van der Waals surface area (Å²) in [5.41, 5.74) is 5.93. The van der Waals surface area contributed by atoms with Crippen molar-refractivity contribution in [3.05, 3.63) is 11.8 Å². The number of amides is 1. The van der Waals surface area contributed by atoms with Crippen LogP contribution in [0, 0.1) is 0 Å². The second-order valence-electron chi connectivity index (χ2n) is 5.07. The predicted octanol–water partition coefficient (Wildman–Crippen LogP) is 1.12. The van der Waals surface area contributed by atoms with Crippen LogP contribution in [0.3, 0.4) is 0 Å². The fraction of sp³-hybridized carbons (Fsp3) is 0.615. The highest BCUT2D eigenvalue weighted by Crippen LogP contribution is 2.17. The number of rotatable bonds is 4. The van der Waals surface area contributed by atoms with Crippen molar-refractivity contribution in [3.63, 3.8) is 0 Å². The minimum absolute atomic E-state index is 0.0443. The van der Waals surface area contributed by atoms with Gasteiger partial charge in [0.15, 0.2) is 5.78 Å². The number of hydrogen-bond acceptors (Lipinski definition) is 4. The third kappa shape index (κ3) is 3.56. The van der Waals surface area contributed by atoms with E-state index in [1.807, 2.05) is 0 Å². The first kappa shape index (κ1) is 13.6. The molecule has 0 aromatic carbocycles. The lowest BCUT2D eigenvalue weighted by Crippen LogP contribution is -2.38. The topological polar surface area (TPSA) is 90.0 Å². The average molecular weight is 264 g/mol. The molecular formula is C13H20N4O2. The van der Waals surface area contributed by atoms with Crippen LogP contribution in [0.25, 0.3) is 0 Å². The zero-order valence-electron chi connectivity index (χ0n) is 11.2. The van der Waals surface area contributed by atoms with Crippen molar-refractivity contribution >= 4 is 17.5 Å². The van der Waals surface area contributed by atoms with E-state index in [0.29, 0.717) is 5.69 Å². The van der Waals surface area contributed by atoms with Crippen LogP contribution in [-0.2, 0) is 11.3 Å². The van der Waals surface area contributed by atoms with Crippen molar-refractivity contribution < 1.29 is 9.59 Å². The molecule has 6 nitrogen and oxygen atoms in total. The van der Waals surface area contributed by atoms with Crippen molar-refractivity contribution in [3.8, 4) is 0 Å². The molecule has 1 aromatic heterocycles. The van der Waals surface area contributed by atoms with Crippen LogP contribution in [0.5, 0.6) is 0 Å². The quantitative estimate of drug-likeness (QED) is 0.797. The molecule has 104 valence electrons. The molecule has 1 aliphatic carbocycles. The van der Waals surface area contributed by atoms with Gasteiger partial charge in [-0.15, -0.1) is 0 Å². The number of carbonyl (C=O) groups excluding carboxylic acids is 2. The number of nitrogen functional groups attached to an aromatic ring is 1. The van der Waals surface area contributed by atoms with E-state index >= 15 is 0 Å². The maximum atomic E-state index is 11.9. The van der Waals surface area contributed by atoms with Crippen LogP contribution in [0.4, 0.5) is 5.82 Å². The number of aromatic nitrogens is 2. The van der Waals surface area contributed by atoms with Gasteiger partial charge in [-0.3, -0.25) is 14.3 Å². The molecule has 0 unspecified atom stereocenters. The lowest BCUT2D eigenvalue weighted by Gasteiger charge is -2.22. The van der Waals surface area contributed by atoms with Gasteiger partial charge in [0.1, 0.15) is 18.1 Å². The predicted molar refractivity (Wildman–Crippen MR) is 71.7 cm³/mol. The number of nitrogens with one attached hydrogen (secondary N) is 1. The number of nitrogens with zero attached hydrogens (tertiary/aromatic N) is 2. The Morgan fingerprint density at radius 1 is 1.42 bits per heavy atom. The SMILES string of the molecule is CC(=O)c1cc(N)nn1CC(=O)NC1CCCCC1. The van der Waals surface area contributed by atoms with Crippen LogP contribution in [-0.4, -0.2) is 27.5 Å². The Labute approximate surface area is 112 Å². The van der Waals surface area contributed by atoms with Crippen LogP contribution < -0.4 is 11.1 Å². The van der Waals surface area contributed by atoms with E-state index in [-0.39, 0.29) is 30.1 Å². The van der Waals surface area contributed by atoms with Crippen LogP contribution in [0.1, 0.15) is 49.5 Å². The average Bonchev–Trinajstić information content (AvgIpc) is 2.71. The van der Waals surface area contributed by atoms with E-state index < -0.39 is 0 Å². The molecular weight excluding hydrogens is 244 g/mol. The molecule has 0 saturated heterocycles. The van der Waals surface area contributed by atoms with E-state index in [9.17, 15) is 9.59 Å². The Kier molecular flexibility index (Phi) is 4.19. The molecule has 1 aromatic rings. The second-order valence-corrected chi connectivity index (χ2v) is 5.07. The summed E-state index contributed by atoms with van der Waals surface area (Å²) in [5, 5.41) is 6.97. The van der Waals surface area contributed by atoms with Gasteiger partial charge in [-0.1, -0.05) is 19.3 Å². The monoisotopic (exact) mass is 264 g/mol. The molecule has 19 heavy (non-hydrogen) atoms. The van der Waals surface area contributed by atoms with Crippen molar-refractivity contribution in [2.24, 2.45) is 0 Å². The molecule has 2 rings (SSSR count). The highest BCUT2D eigenvalue weighted by molar-refractivity contribution is 5.93. The van der Waals surface area contributed by atoms with E-state index in [0.717, 1.165) is 12.8 Å². The molecule has 0 spiro atoms. The Morgan fingerprint density at radius 3 is 2.74 bits per heavy atom. The maximum Gasteiger partial charge on any atom is 0.241 e. The van der Waals surface area contributed by atoms with E-state index in [4.69, 9.17) is 5.73 Å². The van der Waals surface area contributed by atoms with Crippen molar-refractivity contribution in [1.82, 2.24) is 15.1 Å². The second kappa shape index (κ2) is 5.86. The third-order valence-electron chi connectivity index (χ3n) is 3.42. The van der Waals surface area contributed by atoms with E-state index in [2.05, 4.69) is 10.4 Å². The lowest BCUT2D eigenvalue weighted by atomic mass is 9.95. The van der Waals surface area contributed by atoms with Gasteiger partial charge in [-0.2, -0.15) is 5.10 Å². The fourth-order valence-corrected chi connectivity index (χ4v) is 2.50. The molecule has 3 N–H and O–H groups in total. The molecule has 1 saturated carbocycles. The van der Waals surface area contributed by atoms with Gasteiger partial charge in [0.25, 0.3) is 0 Å². The van der Waals surface area contributed by atoms with Gasteiger partial charge in [0, 0.05) is 19.0 Å². The van der Waals surface area contributed by atoms with Gasteiger partial charge in [0.05, 0.1) is 0 Å². The molecule has 0 atom stereocenters. The summed E-state index contributed by atoms with van der Waals surface area (Å²) in [5.74, 6) is 0.00262. The van der Waals surface area contributed by atoms with Crippen molar-refractivity contribution in [2.75, 3.05) is 5.73 Å². The smallest absolute Gasteiger partial charge is 0.241 e. The molecule has 1 fully saturated rings. The highest BCUT2D eigenvalue weighted by atomic mass is 16.2. The summed E-state index contributed by atoms with van der Waals surface area (Å²) in [6, 6.07) is 1.76. The standard InChI is InChI=1S/C13H20N4O2/c1-9(18)11-7-12(14)16-17(11)8-13(19)15-10-5-3-2-4-6-10/h7,10H,2-6,8H2,1H3,(H2,14,16)(H,15,19). The number of anilines is 1. The van der Waals surface area contributed by atoms with E-state index in [1.54, 1.807) is 0 Å². The highest BCUT2D eigenvalue weighted by Gasteiger charge is 2.18. The molecule has 0 aliphatic heterocycles. The summed E-state index contributed by atoms with van der Waals surface area (Å²) >= 11 is 0. The number of Topliss-reactive ketones (excluding diaryl/α,β-unsaturated/α-hetero) is 1. The van der Waals surface area contributed by atoms with E-state index in [1.165, 1.54) is 36.9 Å². The van der Waals surface area contributed by atoms with Crippen LogP contribution in [0.2, 0.25) is 0 Å². The number of nitrogens with two attached hydrogens (primary N) is 1. The molecule has 1 amide bonds. The van der Waals surface area contributed by atoms with Crippen molar-refractivity contribution in [1.29, 1.82) is 0 Å². The lowest BCUT2D eigenvalue weighted by molar-refractivity contribution is -0.122. The largest absolute Gasteiger partial charge is 0.382 e. The van der Waals surface area contributed by atoms with Gasteiger partial charge in [-0.05, 0) is 12.8 Å². The third-order valence-corrected chi connectivity index (χ3v) is 3.42. The fourth-order valence-electron chi connectivity index (χ4n) is 2.50. The van der Waals surface area contributed by atoms with Gasteiger partial charge in [-0.25, -0.2) is 0 Å². The Bertz CT molecular complexity index is 475.